The maximum Gasteiger partial charge on any atom is 0.256 e. The first-order chi connectivity index (χ1) is 13.7. The molecule has 28 heavy (non-hydrogen) atoms. The maximum absolute atomic E-state index is 12.8. The summed E-state index contributed by atoms with van der Waals surface area (Å²) in [7, 11) is 0. The number of hydrogen-bond donors (Lipinski definition) is 2. The average molecular weight is 407 g/mol. The van der Waals surface area contributed by atoms with Crippen LogP contribution in [0.5, 0.6) is 5.75 Å². The zero-order chi connectivity index (χ0) is 19.5. The third-order valence-electron chi connectivity index (χ3n) is 4.21. The van der Waals surface area contributed by atoms with E-state index in [1.807, 2.05) is 48.5 Å². The molecule has 0 bridgehead atoms. The van der Waals surface area contributed by atoms with Gasteiger partial charge in [0, 0.05) is 10.6 Å². The number of amides is 1. The van der Waals surface area contributed by atoms with Gasteiger partial charge in [-0.25, -0.2) is 4.98 Å². The Morgan fingerprint density at radius 2 is 1.89 bits per heavy atom. The highest BCUT2D eigenvalue weighted by Gasteiger charge is 2.14. The summed E-state index contributed by atoms with van der Waals surface area (Å²) in [6, 6.07) is 20.5. The number of anilines is 1. The number of nitrogens with one attached hydrogen (secondary N) is 1. The van der Waals surface area contributed by atoms with Crippen molar-refractivity contribution in [3.63, 3.8) is 0 Å². The van der Waals surface area contributed by atoms with Gasteiger partial charge < -0.3 is 10.4 Å². The zero-order valence-corrected chi connectivity index (χ0v) is 16.8. The first-order valence-corrected chi connectivity index (χ1v) is 10.7. The Morgan fingerprint density at radius 1 is 1.11 bits per heavy atom. The highest BCUT2D eigenvalue weighted by Crippen LogP contribution is 2.37. The number of phenolic OH excluding ortho intramolecular Hbond substituents is 1. The molecule has 0 saturated heterocycles. The second-order valence-corrected chi connectivity index (χ2v) is 8.44. The fraction of sp³-hybridized carbons (Fsp3) is 0.0909. The van der Waals surface area contributed by atoms with Gasteiger partial charge in [-0.2, -0.15) is 0 Å². The normalized spacial score (nSPS) is 10.9. The number of carbonyl (C=O) groups is 1. The van der Waals surface area contributed by atoms with Gasteiger partial charge in [-0.3, -0.25) is 4.79 Å². The summed E-state index contributed by atoms with van der Waals surface area (Å²) >= 11 is 3.15. The summed E-state index contributed by atoms with van der Waals surface area (Å²) < 4.78 is 1.05. The number of rotatable bonds is 5. The predicted octanol–water partition coefficient (Wildman–Crippen LogP) is 6.03. The van der Waals surface area contributed by atoms with E-state index in [0.29, 0.717) is 16.8 Å². The van der Waals surface area contributed by atoms with E-state index >= 15 is 0 Å². The van der Waals surface area contributed by atoms with Crippen molar-refractivity contribution < 1.29 is 9.90 Å². The standard InChI is InChI=1S/C22H18N2O2S2/c1-2-27-19-9-5-3-7-15(19)21(26)23-14-11-12-18(25)16(13-14)22-24-17-8-4-6-10-20(17)28-22/h3-13,25H,2H2,1H3,(H,23,26). The zero-order valence-electron chi connectivity index (χ0n) is 15.2. The number of aromatic nitrogens is 1. The topological polar surface area (TPSA) is 62.2 Å². The van der Waals surface area contributed by atoms with Gasteiger partial charge >= 0.3 is 0 Å². The molecule has 0 atom stereocenters. The van der Waals surface area contributed by atoms with Crippen molar-refractivity contribution >= 4 is 44.9 Å². The molecule has 4 aromatic rings. The Kier molecular flexibility index (Phi) is 5.32. The lowest BCUT2D eigenvalue weighted by Crippen LogP contribution is -2.13. The molecule has 0 aliphatic carbocycles. The summed E-state index contributed by atoms with van der Waals surface area (Å²) in [5.74, 6) is 0.863. The van der Waals surface area contributed by atoms with Crippen LogP contribution in [0.4, 0.5) is 5.69 Å². The molecule has 0 spiro atoms. The van der Waals surface area contributed by atoms with E-state index in [-0.39, 0.29) is 11.7 Å². The lowest BCUT2D eigenvalue weighted by atomic mass is 10.1. The first-order valence-electron chi connectivity index (χ1n) is 8.88. The van der Waals surface area contributed by atoms with Crippen molar-refractivity contribution in [1.29, 1.82) is 0 Å². The van der Waals surface area contributed by atoms with Crippen LogP contribution in [0, 0.1) is 0 Å². The minimum absolute atomic E-state index is 0.138. The third kappa shape index (κ3) is 3.74. The van der Waals surface area contributed by atoms with Crippen LogP contribution >= 0.6 is 23.1 Å². The number of benzene rings is 3. The largest absolute Gasteiger partial charge is 0.507 e. The number of carbonyl (C=O) groups excluding carboxylic acids is 1. The van der Waals surface area contributed by atoms with Crippen LogP contribution in [-0.4, -0.2) is 21.8 Å². The van der Waals surface area contributed by atoms with E-state index in [1.165, 1.54) is 11.3 Å². The molecule has 4 nitrogen and oxygen atoms in total. The lowest BCUT2D eigenvalue weighted by Gasteiger charge is -2.10. The number of aromatic hydroxyl groups is 1. The summed E-state index contributed by atoms with van der Waals surface area (Å²) in [5, 5.41) is 14.0. The molecule has 3 aromatic carbocycles. The summed E-state index contributed by atoms with van der Waals surface area (Å²) in [6.07, 6.45) is 0. The fourth-order valence-corrected chi connectivity index (χ4v) is 4.70. The fourth-order valence-electron chi connectivity index (χ4n) is 2.91. The quantitative estimate of drug-likeness (QED) is 0.314. The monoisotopic (exact) mass is 406 g/mol. The van der Waals surface area contributed by atoms with Crippen LogP contribution in [0.3, 0.4) is 0 Å². The van der Waals surface area contributed by atoms with Crippen LogP contribution in [0.25, 0.3) is 20.8 Å². The molecule has 4 rings (SSSR count). The number of hydrogen-bond acceptors (Lipinski definition) is 5. The van der Waals surface area contributed by atoms with Crippen LogP contribution in [0.15, 0.2) is 71.6 Å². The van der Waals surface area contributed by atoms with Gasteiger partial charge in [0.25, 0.3) is 5.91 Å². The molecule has 1 amide bonds. The Labute approximate surface area is 171 Å². The first kappa shape index (κ1) is 18.5. The van der Waals surface area contributed by atoms with Gasteiger partial charge in [0.1, 0.15) is 10.8 Å². The predicted molar refractivity (Wildman–Crippen MR) is 118 cm³/mol. The SMILES string of the molecule is CCSc1ccccc1C(=O)Nc1ccc(O)c(-c2nc3ccccc3s2)c1. The Morgan fingerprint density at radius 3 is 2.71 bits per heavy atom. The molecule has 0 aliphatic heterocycles. The van der Waals surface area contributed by atoms with Crippen LogP contribution in [0.1, 0.15) is 17.3 Å². The molecule has 1 aromatic heterocycles. The molecular formula is C22H18N2O2S2. The smallest absolute Gasteiger partial charge is 0.256 e. The van der Waals surface area contributed by atoms with Crippen molar-refractivity contribution in [1.82, 2.24) is 4.98 Å². The highest BCUT2D eigenvalue weighted by molar-refractivity contribution is 7.99. The van der Waals surface area contributed by atoms with Crippen LogP contribution < -0.4 is 5.32 Å². The minimum atomic E-state index is -0.169. The maximum atomic E-state index is 12.8. The minimum Gasteiger partial charge on any atom is -0.507 e. The average Bonchev–Trinajstić information content (AvgIpc) is 3.14. The Bertz CT molecular complexity index is 1120. The van der Waals surface area contributed by atoms with E-state index < -0.39 is 0 Å². The van der Waals surface area contributed by atoms with Crippen molar-refractivity contribution in [3.8, 4) is 16.3 Å². The van der Waals surface area contributed by atoms with E-state index in [0.717, 1.165) is 25.9 Å². The molecule has 6 heteroatoms. The van der Waals surface area contributed by atoms with Gasteiger partial charge in [0.15, 0.2) is 0 Å². The van der Waals surface area contributed by atoms with Gasteiger partial charge in [-0.05, 0) is 48.2 Å². The van der Waals surface area contributed by atoms with Crippen LogP contribution in [0.2, 0.25) is 0 Å². The molecule has 0 saturated carbocycles. The van der Waals surface area contributed by atoms with Crippen molar-refractivity contribution in [2.24, 2.45) is 0 Å². The Balaban J connectivity index is 1.65. The van der Waals surface area contributed by atoms with Crippen molar-refractivity contribution in [3.05, 3.63) is 72.3 Å². The van der Waals surface area contributed by atoms with E-state index in [9.17, 15) is 9.90 Å². The molecule has 0 unspecified atom stereocenters. The van der Waals surface area contributed by atoms with Crippen molar-refractivity contribution in [2.75, 3.05) is 11.1 Å². The number of para-hydroxylation sites is 1. The lowest BCUT2D eigenvalue weighted by molar-refractivity contribution is 0.102. The summed E-state index contributed by atoms with van der Waals surface area (Å²) in [4.78, 5) is 18.3. The number of phenols is 1. The Hall–Kier alpha value is -2.83. The van der Waals surface area contributed by atoms with Crippen molar-refractivity contribution in [2.45, 2.75) is 11.8 Å². The van der Waals surface area contributed by atoms with Gasteiger partial charge in [-0.1, -0.05) is 31.2 Å². The van der Waals surface area contributed by atoms with Gasteiger partial charge in [0.05, 0.1) is 21.3 Å². The number of fused-ring (bicyclic) bond motifs is 1. The second-order valence-electron chi connectivity index (χ2n) is 6.10. The van der Waals surface area contributed by atoms with Gasteiger partial charge in [0.2, 0.25) is 0 Å². The van der Waals surface area contributed by atoms with E-state index in [1.54, 1.807) is 30.0 Å². The molecule has 0 fully saturated rings. The molecule has 2 N–H and O–H groups in total. The molecule has 0 radical (unpaired) electrons. The van der Waals surface area contributed by atoms with E-state index in [2.05, 4.69) is 17.2 Å². The third-order valence-corrected chi connectivity index (χ3v) is 6.24. The van der Waals surface area contributed by atoms with E-state index in [4.69, 9.17) is 0 Å². The number of nitrogens with zero attached hydrogens (tertiary/aromatic N) is 1. The molecule has 140 valence electrons. The summed E-state index contributed by atoms with van der Waals surface area (Å²) in [5.41, 5.74) is 2.76. The highest BCUT2D eigenvalue weighted by atomic mass is 32.2. The summed E-state index contributed by atoms with van der Waals surface area (Å²) in [6.45, 7) is 2.06. The number of thiazole rings is 1. The number of thioether (sulfide) groups is 1. The van der Waals surface area contributed by atoms with Crippen LogP contribution in [-0.2, 0) is 0 Å². The molecule has 0 aliphatic rings. The molecular weight excluding hydrogens is 388 g/mol. The second kappa shape index (κ2) is 8.04. The molecule has 1 heterocycles. The van der Waals surface area contributed by atoms with Gasteiger partial charge in [-0.15, -0.1) is 23.1 Å².